The average molecular weight is 266 g/mol. The molecule has 1 aromatic rings. The number of methoxy groups -OCH3 is 1. The maximum atomic E-state index is 11.4. The molecule has 19 heavy (non-hydrogen) atoms. The molecule has 0 spiro atoms. The van der Waals surface area contributed by atoms with E-state index < -0.39 is 18.2 Å². The van der Waals surface area contributed by atoms with Gasteiger partial charge in [-0.05, 0) is 23.7 Å². The normalized spacial score (nSPS) is 13.2. The van der Waals surface area contributed by atoms with Crippen LogP contribution in [-0.2, 0) is 4.74 Å². The van der Waals surface area contributed by atoms with Crippen molar-refractivity contribution >= 4 is 11.7 Å². The van der Waals surface area contributed by atoms with Crippen molar-refractivity contribution in [1.29, 1.82) is 0 Å². The van der Waals surface area contributed by atoms with Crippen LogP contribution in [0.1, 0.15) is 22.0 Å². The first-order chi connectivity index (χ1) is 9.01. The van der Waals surface area contributed by atoms with Gasteiger partial charge < -0.3 is 20.7 Å². The fourth-order valence-corrected chi connectivity index (χ4v) is 1.50. The number of rotatable bonds is 5. The molecule has 0 aromatic heterocycles. The van der Waals surface area contributed by atoms with Crippen LogP contribution in [0.25, 0.3) is 10.4 Å². The van der Waals surface area contributed by atoms with Crippen LogP contribution in [0, 0.1) is 0 Å². The molecule has 2 atom stereocenters. The molecule has 0 saturated heterocycles. The number of nitrogens with two attached hydrogens (primary N) is 1. The summed E-state index contributed by atoms with van der Waals surface area (Å²) >= 11 is 0. The van der Waals surface area contributed by atoms with Gasteiger partial charge in [0.25, 0.3) is 0 Å². The largest absolute Gasteiger partial charge is 0.465 e. The Morgan fingerprint density at radius 3 is 2.84 bits per heavy atom. The van der Waals surface area contributed by atoms with Crippen molar-refractivity contribution in [3.8, 4) is 0 Å². The van der Waals surface area contributed by atoms with E-state index in [-0.39, 0.29) is 23.4 Å². The van der Waals surface area contributed by atoms with E-state index in [0.29, 0.717) is 0 Å². The second kappa shape index (κ2) is 6.60. The Kier molecular flexibility index (Phi) is 5.13. The lowest BCUT2D eigenvalue weighted by Crippen LogP contribution is -2.22. The standard InChI is InChI=1S/C11H14N4O4/c1-19-11(18)6-2-3-8(12)7(4-6)10(17)9(16)5-14-15-13/h2-4,9-10,16-17H,5,12H2,1H3. The maximum Gasteiger partial charge on any atom is 0.337 e. The Morgan fingerprint density at radius 1 is 1.58 bits per heavy atom. The Balaban J connectivity index is 3.04. The summed E-state index contributed by atoms with van der Waals surface area (Å²) in [4.78, 5) is 13.8. The number of aliphatic hydroxyl groups is 2. The number of aliphatic hydroxyl groups excluding tert-OH is 2. The molecule has 0 heterocycles. The number of nitrogens with zero attached hydrogens (tertiary/aromatic N) is 3. The number of nitrogen functional groups attached to an aromatic ring is 1. The highest BCUT2D eigenvalue weighted by atomic mass is 16.5. The monoisotopic (exact) mass is 266 g/mol. The lowest BCUT2D eigenvalue weighted by molar-refractivity contribution is 0.0247. The number of azide groups is 1. The van der Waals surface area contributed by atoms with E-state index in [4.69, 9.17) is 11.3 Å². The summed E-state index contributed by atoms with van der Waals surface area (Å²) < 4.78 is 4.55. The summed E-state index contributed by atoms with van der Waals surface area (Å²) in [7, 11) is 1.23. The third kappa shape index (κ3) is 3.59. The zero-order valence-electron chi connectivity index (χ0n) is 10.2. The molecule has 0 radical (unpaired) electrons. The molecule has 8 heteroatoms. The van der Waals surface area contributed by atoms with E-state index in [0.717, 1.165) is 0 Å². The molecule has 0 bridgehead atoms. The minimum Gasteiger partial charge on any atom is -0.465 e. The van der Waals surface area contributed by atoms with Crippen molar-refractivity contribution in [2.45, 2.75) is 12.2 Å². The first-order valence-electron chi connectivity index (χ1n) is 5.36. The van der Waals surface area contributed by atoms with Crippen LogP contribution >= 0.6 is 0 Å². The minimum atomic E-state index is -1.37. The van der Waals surface area contributed by atoms with Gasteiger partial charge in [-0.2, -0.15) is 0 Å². The van der Waals surface area contributed by atoms with Crippen molar-refractivity contribution in [1.82, 2.24) is 0 Å². The molecule has 0 aliphatic carbocycles. The van der Waals surface area contributed by atoms with Crippen LogP contribution in [0.15, 0.2) is 23.3 Å². The van der Waals surface area contributed by atoms with Crippen LogP contribution < -0.4 is 5.73 Å². The van der Waals surface area contributed by atoms with E-state index in [2.05, 4.69) is 14.8 Å². The second-order valence-corrected chi connectivity index (χ2v) is 3.76. The van der Waals surface area contributed by atoms with Gasteiger partial charge in [-0.1, -0.05) is 5.11 Å². The van der Waals surface area contributed by atoms with E-state index >= 15 is 0 Å². The number of carbonyl (C=O) groups is 1. The zero-order valence-corrected chi connectivity index (χ0v) is 10.2. The third-order valence-corrected chi connectivity index (χ3v) is 2.52. The van der Waals surface area contributed by atoms with Gasteiger partial charge in [0.2, 0.25) is 0 Å². The molecule has 0 saturated carbocycles. The first-order valence-corrected chi connectivity index (χ1v) is 5.36. The second-order valence-electron chi connectivity index (χ2n) is 3.76. The van der Waals surface area contributed by atoms with Crippen molar-refractivity contribution in [2.24, 2.45) is 5.11 Å². The Bertz CT molecular complexity index is 513. The van der Waals surface area contributed by atoms with Gasteiger partial charge in [0, 0.05) is 16.2 Å². The number of hydrogen-bond donors (Lipinski definition) is 3. The highest BCUT2D eigenvalue weighted by Gasteiger charge is 2.21. The average Bonchev–Trinajstić information content (AvgIpc) is 2.43. The molecule has 102 valence electrons. The summed E-state index contributed by atoms with van der Waals surface area (Å²) in [6.07, 6.45) is -2.68. The first kappa shape index (κ1) is 14.8. The molecule has 2 unspecified atom stereocenters. The van der Waals surface area contributed by atoms with Gasteiger partial charge in [-0.25, -0.2) is 4.79 Å². The van der Waals surface area contributed by atoms with Crippen LogP contribution in [0.5, 0.6) is 0 Å². The molecule has 1 aromatic carbocycles. The van der Waals surface area contributed by atoms with Crippen molar-refractivity contribution in [2.75, 3.05) is 19.4 Å². The van der Waals surface area contributed by atoms with E-state index in [1.165, 1.54) is 25.3 Å². The Hall–Kier alpha value is -2.28. The summed E-state index contributed by atoms with van der Waals surface area (Å²) in [6, 6.07) is 4.19. The van der Waals surface area contributed by atoms with Crippen molar-refractivity contribution < 1.29 is 19.7 Å². The fourth-order valence-electron chi connectivity index (χ4n) is 1.50. The number of esters is 1. The lowest BCUT2D eigenvalue weighted by atomic mass is 10.00. The molecule has 0 aliphatic rings. The number of hydrogen-bond acceptors (Lipinski definition) is 6. The maximum absolute atomic E-state index is 11.4. The SMILES string of the molecule is COC(=O)c1ccc(N)c(C(O)C(O)CN=[N+]=[N-])c1. The number of anilines is 1. The van der Waals surface area contributed by atoms with Crippen LogP contribution in [-0.4, -0.2) is 35.9 Å². The molecule has 0 aliphatic heterocycles. The van der Waals surface area contributed by atoms with Gasteiger partial charge in [-0.3, -0.25) is 0 Å². The van der Waals surface area contributed by atoms with Crippen LogP contribution in [0.2, 0.25) is 0 Å². The molecule has 8 nitrogen and oxygen atoms in total. The van der Waals surface area contributed by atoms with E-state index in [1.54, 1.807) is 0 Å². The van der Waals surface area contributed by atoms with Gasteiger partial charge in [0.1, 0.15) is 6.10 Å². The predicted molar refractivity (Wildman–Crippen MR) is 67.2 cm³/mol. The smallest absolute Gasteiger partial charge is 0.337 e. The number of carbonyl (C=O) groups excluding carboxylic acids is 1. The summed E-state index contributed by atoms with van der Waals surface area (Å²) in [6.45, 7) is -0.306. The topological polar surface area (TPSA) is 142 Å². The number of benzene rings is 1. The highest BCUT2D eigenvalue weighted by Crippen LogP contribution is 2.25. The summed E-state index contributed by atoms with van der Waals surface area (Å²) in [5.41, 5.74) is 14.4. The lowest BCUT2D eigenvalue weighted by Gasteiger charge is -2.18. The molecule has 0 amide bonds. The van der Waals surface area contributed by atoms with Crippen molar-refractivity contribution in [3.63, 3.8) is 0 Å². The zero-order chi connectivity index (χ0) is 14.4. The quantitative estimate of drug-likeness (QED) is 0.237. The van der Waals surface area contributed by atoms with Gasteiger partial charge >= 0.3 is 5.97 Å². The minimum absolute atomic E-state index is 0.170. The fraction of sp³-hybridized carbons (Fsp3) is 0.364. The Morgan fingerprint density at radius 2 is 2.26 bits per heavy atom. The Labute approximate surface area is 109 Å². The number of ether oxygens (including phenoxy) is 1. The summed E-state index contributed by atoms with van der Waals surface area (Å²) in [5.74, 6) is -0.585. The highest BCUT2D eigenvalue weighted by molar-refractivity contribution is 5.90. The van der Waals surface area contributed by atoms with Gasteiger partial charge in [-0.15, -0.1) is 0 Å². The van der Waals surface area contributed by atoms with Gasteiger partial charge in [0.15, 0.2) is 0 Å². The molecule has 0 fully saturated rings. The third-order valence-electron chi connectivity index (χ3n) is 2.52. The van der Waals surface area contributed by atoms with Crippen molar-refractivity contribution in [3.05, 3.63) is 39.8 Å². The molecule has 4 N–H and O–H groups in total. The van der Waals surface area contributed by atoms with E-state index in [9.17, 15) is 15.0 Å². The molecular formula is C11H14N4O4. The van der Waals surface area contributed by atoms with E-state index in [1.807, 2.05) is 0 Å². The summed E-state index contributed by atoms with van der Waals surface area (Å²) in [5, 5.41) is 22.7. The molecule has 1 rings (SSSR count). The van der Waals surface area contributed by atoms with Crippen LogP contribution in [0.4, 0.5) is 5.69 Å². The predicted octanol–water partition coefficient (Wildman–Crippen LogP) is 0.760. The van der Waals surface area contributed by atoms with Crippen LogP contribution in [0.3, 0.4) is 0 Å². The molecular weight excluding hydrogens is 252 g/mol. The van der Waals surface area contributed by atoms with Gasteiger partial charge in [0.05, 0.1) is 25.3 Å².